The number of allylic oxidation sites excluding steroid dienone is 1. The number of hydrogen-bond donors (Lipinski definition) is 0. The zero-order valence-electron chi connectivity index (χ0n) is 25.3. The van der Waals surface area contributed by atoms with Gasteiger partial charge in [-0.3, -0.25) is 0 Å². The third kappa shape index (κ3) is 6.48. The average molecular weight is 566 g/mol. The minimum atomic E-state index is -0.446. The van der Waals surface area contributed by atoms with Crippen molar-refractivity contribution in [2.75, 3.05) is 31.1 Å². The van der Waals surface area contributed by atoms with Crippen molar-refractivity contribution >= 4 is 17.5 Å². The van der Waals surface area contributed by atoms with Crippen molar-refractivity contribution in [2.24, 2.45) is 5.41 Å². The van der Waals surface area contributed by atoms with Gasteiger partial charge < -0.3 is 19.3 Å². The van der Waals surface area contributed by atoms with E-state index in [1.165, 1.54) is 27.8 Å². The number of rotatable bonds is 5. The number of fused-ring (bicyclic) bond motifs is 1. The first kappa shape index (κ1) is 28.3. The summed E-state index contributed by atoms with van der Waals surface area (Å²) in [4.78, 5) is 21.7. The standard InChI is InChI=1S/C36H43N3O3/c1-35(2,3)42-34(40)39-22-18-36(19-23-39)16-20-38(21-17-36)33-15-12-29(25-37-33)31-11-7-10-28-24-30(13-14-32(28)31)41-26-27-8-5-4-6-9-27/h4-6,8-9,11-15,24-25H,7,10,16-23,26H2,1-3H3. The van der Waals surface area contributed by atoms with Gasteiger partial charge in [0.2, 0.25) is 0 Å². The molecular weight excluding hydrogens is 522 g/mol. The molecule has 0 bridgehead atoms. The molecular formula is C36H43N3O3. The number of hydrogen-bond acceptors (Lipinski definition) is 5. The van der Waals surface area contributed by atoms with Crippen molar-refractivity contribution in [3.05, 3.63) is 95.2 Å². The van der Waals surface area contributed by atoms with E-state index in [1.54, 1.807) is 0 Å². The molecule has 2 aromatic carbocycles. The molecule has 42 heavy (non-hydrogen) atoms. The van der Waals surface area contributed by atoms with Gasteiger partial charge in [0.25, 0.3) is 0 Å². The number of amides is 1. The van der Waals surface area contributed by atoms with E-state index in [0.717, 1.165) is 76.3 Å². The van der Waals surface area contributed by atoms with Crippen LogP contribution in [0.2, 0.25) is 0 Å². The second kappa shape index (κ2) is 11.8. The lowest BCUT2D eigenvalue weighted by molar-refractivity contribution is 0.00664. The third-order valence-corrected chi connectivity index (χ3v) is 9.06. The average Bonchev–Trinajstić information content (AvgIpc) is 3.00. The number of anilines is 1. The van der Waals surface area contributed by atoms with Crippen LogP contribution in [-0.4, -0.2) is 47.8 Å². The van der Waals surface area contributed by atoms with Crippen molar-refractivity contribution in [2.45, 2.75) is 71.5 Å². The predicted octanol–water partition coefficient (Wildman–Crippen LogP) is 7.66. The van der Waals surface area contributed by atoms with E-state index in [2.05, 4.69) is 53.4 Å². The van der Waals surface area contributed by atoms with Gasteiger partial charge in [-0.25, -0.2) is 9.78 Å². The first-order valence-corrected chi connectivity index (χ1v) is 15.5. The Morgan fingerprint density at radius 1 is 0.929 bits per heavy atom. The van der Waals surface area contributed by atoms with Crippen LogP contribution in [0.5, 0.6) is 5.75 Å². The van der Waals surface area contributed by atoms with Crippen molar-refractivity contribution in [1.29, 1.82) is 0 Å². The number of carbonyl (C=O) groups excluding carboxylic acids is 1. The third-order valence-electron chi connectivity index (χ3n) is 9.06. The van der Waals surface area contributed by atoms with Crippen molar-refractivity contribution in [3.8, 4) is 5.75 Å². The minimum Gasteiger partial charge on any atom is -0.489 e. The molecule has 220 valence electrons. The van der Waals surface area contributed by atoms with Crippen LogP contribution < -0.4 is 9.64 Å². The van der Waals surface area contributed by atoms with Crippen LogP contribution >= 0.6 is 0 Å². The van der Waals surface area contributed by atoms with Gasteiger partial charge in [0.05, 0.1) is 0 Å². The van der Waals surface area contributed by atoms with Gasteiger partial charge in [0.15, 0.2) is 0 Å². The number of aryl methyl sites for hydroxylation is 1. The summed E-state index contributed by atoms with van der Waals surface area (Å²) in [6.07, 6.45) is 10.7. The zero-order valence-corrected chi connectivity index (χ0v) is 25.3. The van der Waals surface area contributed by atoms with E-state index < -0.39 is 5.60 Å². The summed E-state index contributed by atoms with van der Waals surface area (Å²) in [6.45, 7) is 9.96. The highest BCUT2D eigenvalue weighted by molar-refractivity contribution is 5.83. The van der Waals surface area contributed by atoms with Crippen LogP contribution in [0.4, 0.5) is 10.6 Å². The maximum Gasteiger partial charge on any atom is 0.410 e. The summed E-state index contributed by atoms with van der Waals surface area (Å²) in [7, 11) is 0. The molecule has 0 atom stereocenters. The monoisotopic (exact) mass is 565 g/mol. The molecule has 1 amide bonds. The van der Waals surface area contributed by atoms with Gasteiger partial charge in [-0.1, -0.05) is 42.5 Å². The molecule has 3 aromatic rings. The second-order valence-corrected chi connectivity index (χ2v) is 13.1. The number of ether oxygens (including phenoxy) is 2. The first-order valence-electron chi connectivity index (χ1n) is 15.5. The van der Waals surface area contributed by atoms with E-state index in [-0.39, 0.29) is 6.09 Å². The molecule has 2 saturated heterocycles. The van der Waals surface area contributed by atoms with Gasteiger partial charge in [-0.2, -0.15) is 0 Å². The van der Waals surface area contributed by atoms with Crippen LogP contribution in [0.3, 0.4) is 0 Å². The topological polar surface area (TPSA) is 54.9 Å². The minimum absolute atomic E-state index is 0.174. The van der Waals surface area contributed by atoms with Crippen molar-refractivity contribution < 1.29 is 14.3 Å². The van der Waals surface area contributed by atoms with Gasteiger partial charge in [0.1, 0.15) is 23.8 Å². The van der Waals surface area contributed by atoms with Crippen LogP contribution in [0.25, 0.3) is 5.57 Å². The summed E-state index contributed by atoms with van der Waals surface area (Å²) in [6, 6.07) is 21.2. The van der Waals surface area contributed by atoms with Crippen molar-refractivity contribution in [1.82, 2.24) is 9.88 Å². The summed E-state index contributed by atoms with van der Waals surface area (Å²) in [5.74, 6) is 1.98. The summed E-state index contributed by atoms with van der Waals surface area (Å²) in [5.41, 5.74) is 6.10. The Labute approximate surface area is 250 Å². The Balaban J connectivity index is 1.04. The maximum absolute atomic E-state index is 12.5. The lowest BCUT2D eigenvalue weighted by Gasteiger charge is -2.47. The highest BCUT2D eigenvalue weighted by atomic mass is 16.6. The normalized spacial score (nSPS) is 18.3. The SMILES string of the molecule is CC(C)(C)OC(=O)N1CCC2(CC1)CCN(c1ccc(C3=CCCc4cc(OCc5ccccc5)ccc43)cn1)CC2. The molecule has 3 aliphatic rings. The molecule has 3 heterocycles. The molecule has 2 aliphatic heterocycles. The number of benzene rings is 2. The molecule has 6 rings (SSSR count). The highest BCUT2D eigenvalue weighted by Gasteiger charge is 2.39. The largest absolute Gasteiger partial charge is 0.489 e. The number of aromatic nitrogens is 1. The Hall–Kier alpha value is -3.80. The lowest BCUT2D eigenvalue weighted by atomic mass is 9.71. The molecule has 0 unspecified atom stereocenters. The maximum atomic E-state index is 12.5. The Morgan fingerprint density at radius 2 is 1.67 bits per heavy atom. The smallest absolute Gasteiger partial charge is 0.410 e. The molecule has 2 fully saturated rings. The summed E-state index contributed by atoms with van der Waals surface area (Å²) >= 11 is 0. The fourth-order valence-corrected chi connectivity index (χ4v) is 6.56. The number of pyridine rings is 1. The van der Waals surface area contributed by atoms with Gasteiger partial charge in [-0.15, -0.1) is 0 Å². The first-order chi connectivity index (χ1) is 20.3. The molecule has 0 N–H and O–H groups in total. The van der Waals surface area contributed by atoms with E-state index >= 15 is 0 Å². The Bertz CT molecular complexity index is 1410. The van der Waals surface area contributed by atoms with Gasteiger partial charge in [0, 0.05) is 37.9 Å². The molecule has 1 spiro atoms. The number of carbonyl (C=O) groups is 1. The Kier molecular flexibility index (Phi) is 7.98. The molecule has 0 radical (unpaired) electrons. The highest BCUT2D eigenvalue weighted by Crippen LogP contribution is 2.42. The summed E-state index contributed by atoms with van der Waals surface area (Å²) < 4.78 is 11.7. The van der Waals surface area contributed by atoms with Gasteiger partial charge >= 0.3 is 6.09 Å². The zero-order chi connectivity index (χ0) is 29.2. The second-order valence-electron chi connectivity index (χ2n) is 13.1. The van der Waals surface area contributed by atoms with Crippen LogP contribution in [0.15, 0.2) is 72.9 Å². The van der Waals surface area contributed by atoms with E-state index in [0.29, 0.717) is 12.0 Å². The fourth-order valence-electron chi connectivity index (χ4n) is 6.56. The van der Waals surface area contributed by atoms with Crippen molar-refractivity contribution in [3.63, 3.8) is 0 Å². The summed E-state index contributed by atoms with van der Waals surface area (Å²) in [5, 5.41) is 0. The molecule has 1 aliphatic carbocycles. The van der Waals surface area contributed by atoms with E-state index in [4.69, 9.17) is 14.5 Å². The van der Waals surface area contributed by atoms with E-state index in [9.17, 15) is 4.79 Å². The number of piperidine rings is 2. The quantitative estimate of drug-likeness (QED) is 0.318. The predicted molar refractivity (Wildman–Crippen MR) is 168 cm³/mol. The number of nitrogens with zero attached hydrogens (tertiary/aromatic N) is 3. The van der Waals surface area contributed by atoms with Crippen LogP contribution in [-0.2, 0) is 17.8 Å². The van der Waals surface area contributed by atoms with Crippen LogP contribution in [0, 0.1) is 5.41 Å². The van der Waals surface area contributed by atoms with Gasteiger partial charge in [-0.05, 0) is 111 Å². The Morgan fingerprint density at radius 3 is 2.36 bits per heavy atom. The molecule has 6 heteroatoms. The lowest BCUT2D eigenvalue weighted by Crippen LogP contribution is -2.49. The number of likely N-dealkylation sites (tertiary alicyclic amines) is 1. The molecule has 0 saturated carbocycles. The fraction of sp³-hybridized carbons (Fsp3) is 0.444. The molecule has 1 aromatic heterocycles. The van der Waals surface area contributed by atoms with E-state index in [1.807, 2.05) is 50.1 Å². The molecule has 6 nitrogen and oxygen atoms in total. The van der Waals surface area contributed by atoms with Crippen LogP contribution in [0.1, 0.15) is 75.1 Å².